The van der Waals surface area contributed by atoms with Crippen LogP contribution in [0.25, 0.3) is 22.4 Å². The van der Waals surface area contributed by atoms with Gasteiger partial charge in [-0.1, -0.05) is 6.07 Å². The van der Waals surface area contributed by atoms with E-state index >= 15 is 0 Å². The molecule has 1 amide bonds. The lowest BCUT2D eigenvalue weighted by molar-refractivity contribution is -0.142. The molecule has 0 saturated carbocycles. The number of hydrogen-bond acceptors (Lipinski definition) is 5. The van der Waals surface area contributed by atoms with Crippen molar-refractivity contribution in [3.05, 3.63) is 72.1 Å². The van der Waals surface area contributed by atoms with E-state index < -0.39 is 29.5 Å². The molecule has 0 atom stereocenters. The molecule has 0 saturated heterocycles. The second-order valence-corrected chi connectivity index (χ2v) is 6.46. The molecule has 4 aromatic rings. The number of pyridine rings is 1. The zero-order valence-electron chi connectivity index (χ0n) is 15.8. The highest BCUT2D eigenvalue weighted by atomic mass is 19.4. The van der Waals surface area contributed by atoms with Crippen LogP contribution in [0.4, 0.5) is 22.4 Å². The Labute approximate surface area is 172 Å². The predicted molar refractivity (Wildman–Crippen MR) is 102 cm³/mol. The number of alkyl halides is 3. The third-order valence-electron chi connectivity index (χ3n) is 4.30. The molecule has 0 aliphatic carbocycles. The smallest absolute Gasteiger partial charge is 0.405 e. The number of amides is 1. The normalized spacial score (nSPS) is 11.5. The van der Waals surface area contributed by atoms with Gasteiger partial charge in [-0.25, -0.2) is 24.6 Å². The quantitative estimate of drug-likeness (QED) is 0.476. The summed E-state index contributed by atoms with van der Waals surface area (Å²) in [5.41, 5.74) is 2.09. The van der Waals surface area contributed by atoms with Crippen LogP contribution in [0.5, 0.6) is 5.75 Å². The zero-order chi connectivity index (χ0) is 22.2. The van der Waals surface area contributed by atoms with E-state index in [1.54, 1.807) is 19.1 Å². The second kappa shape index (κ2) is 7.67. The summed E-state index contributed by atoms with van der Waals surface area (Å²) in [6, 6.07) is 8.51. The van der Waals surface area contributed by atoms with Gasteiger partial charge in [0.2, 0.25) is 0 Å². The molecule has 3 aromatic heterocycles. The molecule has 0 unspecified atom stereocenters. The Morgan fingerprint density at radius 1 is 1.16 bits per heavy atom. The van der Waals surface area contributed by atoms with E-state index in [0.717, 1.165) is 6.20 Å². The van der Waals surface area contributed by atoms with Gasteiger partial charge in [-0.3, -0.25) is 9.66 Å². The van der Waals surface area contributed by atoms with Gasteiger partial charge in [0.15, 0.2) is 17.3 Å². The number of benzene rings is 1. The summed E-state index contributed by atoms with van der Waals surface area (Å²) < 4.78 is 60.0. The van der Waals surface area contributed by atoms with E-state index in [2.05, 4.69) is 20.4 Å². The molecule has 4 rings (SSSR count). The van der Waals surface area contributed by atoms with Gasteiger partial charge in [0.05, 0.1) is 11.7 Å². The van der Waals surface area contributed by atoms with Gasteiger partial charge in [0.1, 0.15) is 11.5 Å². The SMILES string of the molecule is Cc1cn(NC(=O)Oc2cnc(-c3ccccn3)nc2C(F)(F)F)c2ccc(F)cc12. The van der Waals surface area contributed by atoms with Crippen molar-refractivity contribution < 1.29 is 27.1 Å². The number of halogens is 4. The fourth-order valence-corrected chi connectivity index (χ4v) is 2.95. The molecule has 7 nitrogen and oxygen atoms in total. The highest BCUT2D eigenvalue weighted by molar-refractivity contribution is 5.87. The van der Waals surface area contributed by atoms with Crippen LogP contribution in [0.3, 0.4) is 0 Å². The summed E-state index contributed by atoms with van der Waals surface area (Å²) in [6.07, 6.45) is -2.49. The number of nitrogens with one attached hydrogen (secondary N) is 1. The molecule has 0 aliphatic heterocycles. The van der Waals surface area contributed by atoms with Crippen molar-refractivity contribution in [1.29, 1.82) is 0 Å². The number of aromatic nitrogens is 4. The van der Waals surface area contributed by atoms with Crippen LogP contribution < -0.4 is 10.2 Å². The van der Waals surface area contributed by atoms with E-state index in [1.165, 1.54) is 41.3 Å². The van der Waals surface area contributed by atoms with E-state index in [0.29, 0.717) is 16.5 Å². The second-order valence-electron chi connectivity index (χ2n) is 6.46. The summed E-state index contributed by atoms with van der Waals surface area (Å²) in [5, 5.41) is 0.527. The van der Waals surface area contributed by atoms with Crippen LogP contribution in [-0.4, -0.2) is 25.7 Å². The van der Waals surface area contributed by atoms with Gasteiger partial charge in [-0.2, -0.15) is 13.2 Å². The van der Waals surface area contributed by atoms with Crippen LogP contribution in [0, 0.1) is 12.7 Å². The Hall–Kier alpha value is -4.02. The van der Waals surface area contributed by atoms with Crippen molar-refractivity contribution in [1.82, 2.24) is 19.6 Å². The largest absolute Gasteiger partial charge is 0.437 e. The van der Waals surface area contributed by atoms with Crippen molar-refractivity contribution >= 4 is 17.0 Å². The monoisotopic (exact) mass is 431 g/mol. The number of rotatable bonds is 3. The zero-order valence-corrected chi connectivity index (χ0v) is 15.8. The summed E-state index contributed by atoms with van der Waals surface area (Å²) >= 11 is 0. The summed E-state index contributed by atoms with van der Waals surface area (Å²) in [4.78, 5) is 23.5. The molecule has 31 heavy (non-hydrogen) atoms. The molecule has 0 fully saturated rings. The number of fused-ring (bicyclic) bond motifs is 1. The highest BCUT2D eigenvalue weighted by Crippen LogP contribution is 2.35. The van der Waals surface area contributed by atoms with Crippen molar-refractivity contribution in [2.24, 2.45) is 0 Å². The number of ether oxygens (including phenoxy) is 1. The topological polar surface area (TPSA) is 81.9 Å². The summed E-state index contributed by atoms with van der Waals surface area (Å²) in [7, 11) is 0. The first-order chi connectivity index (χ1) is 14.7. The molecule has 158 valence electrons. The molecule has 11 heteroatoms. The van der Waals surface area contributed by atoms with E-state index in [9.17, 15) is 22.4 Å². The first-order valence-corrected chi connectivity index (χ1v) is 8.84. The van der Waals surface area contributed by atoms with Crippen LogP contribution in [-0.2, 0) is 6.18 Å². The summed E-state index contributed by atoms with van der Waals surface area (Å²) in [5.74, 6) is -1.60. The van der Waals surface area contributed by atoms with Gasteiger partial charge in [0.25, 0.3) is 0 Å². The number of hydrogen-bond donors (Lipinski definition) is 1. The third kappa shape index (κ3) is 4.15. The molecule has 0 spiro atoms. The molecule has 0 radical (unpaired) electrons. The van der Waals surface area contributed by atoms with Crippen LogP contribution in [0.2, 0.25) is 0 Å². The van der Waals surface area contributed by atoms with E-state index in [-0.39, 0.29) is 11.5 Å². The Morgan fingerprint density at radius 2 is 1.97 bits per heavy atom. The predicted octanol–water partition coefficient (Wildman–Crippen LogP) is 4.70. The van der Waals surface area contributed by atoms with Gasteiger partial charge in [0, 0.05) is 17.8 Å². The van der Waals surface area contributed by atoms with E-state index in [4.69, 9.17) is 4.74 Å². The minimum atomic E-state index is -4.91. The Kier molecular flexibility index (Phi) is 5.01. The van der Waals surface area contributed by atoms with Gasteiger partial charge >= 0.3 is 12.3 Å². The first kappa shape index (κ1) is 20.3. The van der Waals surface area contributed by atoms with Gasteiger partial charge in [-0.15, -0.1) is 0 Å². The number of nitrogens with zero attached hydrogens (tertiary/aromatic N) is 4. The fourth-order valence-electron chi connectivity index (χ4n) is 2.95. The third-order valence-corrected chi connectivity index (χ3v) is 4.30. The molecule has 3 heterocycles. The average molecular weight is 431 g/mol. The maximum absolute atomic E-state index is 13.5. The number of carbonyl (C=O) groups excluding carboxylic acids is 1. The van der Waals surface area contributed by atoms with Gasteiger partial charge in [-0.05, 0) is 42.8 Å². The molecular weight excluding hydrogens is 418 g/mol. The number of carbonyl (C=O) groups is 1. The van der Waals surface area contributed by atoms with Crippen LogP contribution in [0.1, 0.15) is 11.3 Å². The van der Waals surface area contributed by atoms with Crippen LogP contribution in [0.15, 0.2) is 55.0 Å². The summed E-state index contributed by atoms with van der Waals surface area (Å²) in [6.45, 7) is 1.69. The van der Waals surface area contributed by atoms with Crippen molar-refractivity contribution in [2.45, 2.75) is 13.1 Å². The first-order valence-electron chi connectivity index (χ1n) is 8.84. The maximum Gasteiger partial charge on any atom is 0.437 e. The average Bonchev–Trinajstić information content (AvgIpc) is 3.02. The minimum absolute atomic E-state index is 0.130. The van der Waals surface area contributed by atoms with Gasteiger partial charge < -0.3 is 4.74 Å². The maximum atomic E-state index is 13.5. The lowest BCUT2D eigenvalue weighted by Crippen LogP contribution is -2.26. The minimum Gasteiger partial charge on any atom is -0.405 e. The van der Waals surface area contributed by atoms with Crippen molar-refractivity contribution in [3.8, 4) is 17.3 Å². The van der Waals surface area contributed by atoms with Crippen molar-refractivity contribution in [3.63, 3.8) is 0 Å². The molecule has 0 aliphatic rings. The Morgan fingerprint density at radius 3 is 2.68 bits per heavy atom. The molecular formula is C20H13F4N5O2. The van der Waals surface area contributed by atoms with Crippen molar-refractivity contribution in [2.75, 3.05) is 5.43 Å². The fraction of sp³-hybridized carbons (Fsp3) is 0.100. The molecule has 0 bridgehead atoms. The Bertz CT molecular complexity index is 1270. The standard InChI is InChI=1S/C20H13F4N5O2/c1-11-10-29(15-6-5-12(21)8-13(11)15)28-19(30)31-16-9-26-18(14-4-2-3-7-25-14)27-17(16)20(22,23)24/h2-10H,1H3,(H,28,30). The molecule has 1 N–H and O–H groups in total. The lowest BCUT2D eigenvalue weighted by atomic mass is 10.2. The highest BCUT2D eigenvalue weighted by Gasteiger charge is 2.38. The lowest BCUT2D eigenvalue weighted by Gasteiger charge is -2.13. The number of aryl methyl sites for hydroxylation is 1. The van der Waals surface area contributed by atoms with E-state index in [1.807, 2.05) is 0 Å². The molecule has 1 aromatic carbocycles. The van der Waals surface area contributed by atoms with Crippen LogP contribution >= 0.6 is 0 Å². The Balaban J connectivity index is 1.62.